The number of pyridine rings is 10. The van der Waals surface area contributed by atoms with Gasteiger partial charge in [-0.1, -0.05) is 151 Å². The van der Waals surface area contributed by atoms with Crippen LogP contribution in [0.15, 0.2) is 329 Å². The lowest BCUT2D eigenvalue weighted by Gasteiger charge is -1.97. The first-order chi connectivity index (χ1) is 47.8. The standard InChI is InChI=1S/7C10H9N.3C6H7N/c1-8-4-2-6-10-9(8)5-3-7-11-10;1-8-4-2-5-9-6-3-7-11-10(8)9;1-8-4-5-10-9(7-8)3-2-6-11-10;1-8-4-5-9-3-2-6-11-10(9)7-8;1-8-6-9-4-2-3-5-10(9)11-7-8;1-8-6-7-11-10-5-3-2-4-9(8)10;1-8-6-7-9-4-2-3-5-10(9)11-8;1-6-2-4-7-5-3-6;1-6-3-2-4-7-5-6;1-6-4-2-3-5-7-6/h7*2-7H,1H3;3*2-5H,1H3. The van der Waals surface area contributed by atoms with E-state index in [0.717, 1.165) is 50.0 Å². The molecule has 0 fully saturated rings. The third kappa shape index (κ3) is 24.0. The van der Waals surface area contributed by atoms with Crippen LogP contribution in [0.1, 0.15) is 55.9 Å². The average Bonchev–Trinajstić information content (AvgIpc) is 1.44. The molecule has 0 saturated carbocycles. The molecule has 0 atom stereocenters. The predicted octanol–water partition coefficient (Wildman–Crippen LogP) is 22.0. The second-order valence-electron chi connectivity index (χ2n) is 23.2. The van der Waals surface area contributed by atoms with Gasteiger partial charge in [0.15, 0.2) is 0 Å². The van der Waals surface area contributed by atoms with Crippen LogP contribution in [0.5, 0.6) is 0 Å². The van der Waals surface area contributed by atoms with Crippen LogP contribution in [0.3, 0.4) is 0 Å². The maximum atomic E-state index is 4.38. The van der Waals surface area contributed by atoms with Gasteiger partial charge in [0.05, 0.1) is 38.6 Å². The number of hydrogen-bond donors (Lipinski definition) is 0. The minimum absolute atomic E-state index is 1.07. The van der Waals surface area contributed by atoms with E-state index in [0.29, 0.717) is 0 Å². The Bertz CT molecular complexity index is 4570. The normalized spacial score (nSPS) is 9.94. The zero-order valence-corrected chi connectivity index (χ0v) is 57.6. The second-order valence-corrected chi connectivity index (χ2v) is 23.2. The molecular formula is C88H84N10. The maximum absolute atomic E-state index is 4.38. The topological polar surface area (TPSA) is 129 Å². The minimum Gasteiger partial charge on any atom is -0.265 e. The van der Waals surface area contributed by atoms with Gasteiger partial charge in [0, 0.05) is 117 Å². The van der Waals surface area contributed by atoms with Gasteiger partial charge in [-0.2, -0.15) is 0 Å². The molecule has 0 radical (unpaired) electrons. The Kier molecular flexibility index (Phi) is 28.5. The third-order valence-corrected chi connectivity index (χ3v) is 15.0. The van der Waals surface area contributed by atoms with Crippen molar-refractivity contribution in [3.63, 3.8) is 0 Å². The molecule has 0 unspecified atom stereocenters. The molecule has 7 aromatic carbocycles. The molecule has 0 spiro atoms. The lowest BCUT2D eigenvalue weighted by molar-refractivity contribution is 1.20. The molecular weight excluding hydrogens is 1200 g/mol. The van der Waals surface area contributed by atoms with Gasteiger partial charge in [0.25, 0.3) is 0 Å². The highest BCUT2D eigenvalue weighted by molar-refractivity contribution is 5.84. The van der Waals surface area contributed by atoms with E-state index in [4.69, 9.17) is 0 Å². The smallest absolute Gasteiger partial charge is 0.0731 e. The molecule has 0 aliphatic carbocycles. The molecule has 486 valence electrons. The van der Waals surface area contributed by atoms with E-state index >= 15 is 0 Å². The Labute approximate surface area is 577 Å². The van der Waals surface area contributed by atoms with Crippen molar-refractivity contribution in [1.29, 1.82) is 0 Å². The van der Waals surface area contributed by atoms with Crippen molar-refractivity contribution in [2.75, 3.05) is 0 Å². The summed E-state index contributed by atoms with van der Waals surface area (Å²) in [5.41, 5.74) is 19.7. The highest BCUT2D eigenvalue weighted by Crippen LogP contribution is 2.18. The molecule has 17 aromatic rings. The van der Waals surface area contributed by atoms with E-state index in [1.165, 1.54) is 82.2 Å². The van der Waals surface area contributed by atoms with E-state index in [1.54, 1.807) is 24.8 Å². The van der Waals surface area contributed by atoms with Gasteiger partial charge in [-0.3, -0.25) is 49.8 Å². The lowest BCUT2D eigenvalue weighted by Crippen LogP contribution is -1.80. The van der Waals surface area contributed by atoms with Crippen LogP contribution in [0.25, 0.3) is 76.3 Å². The van der Waals surface area contributed by atoms with Crippen molar-refractivity contribution >= 4 is 76.3 Å². The maximum Gasteiger partial charge on any atom is 0.0731 e. The van der Waals surface area contributed by atoms with Crippen molar-refractivity contribution in [2.45, 2.75) is 69.2 Å². The molecule has 10 aromatic heterocycles. The number of para-hydroxylation sites is 4. The summed E-state index contributed by atoms with van der Waals surface area (Å²) >= 11 is 0. The van der Waals surface area contributed by atoms with Gasteiger partial charge in [-0.25, -0.2) is 0 Å². The Hall–Kier alpha value is -12.1. The van der Waals surface area contributed by atoms with Gasteiger partial charge in [-0.05, 0) is 223 Å². The van der Waals surface area contributed by atoms with Crippen molar-refractivity contribution < 1.29 is 0 Å². The summed E-state index contributed by atoms with van der Waals surface area (Å²) < 4.78 is 0. The van der Waals surface area contributed by atoms with Crippen LogP contribution < -0.4 is 0 Å². The number of rotatable bonds is 0. The Morgan fingerprint density at radius 1 is 0.204 bits per heavy atom. The number of fused-ring (bicyclic) bond motifs is 7. The zero-order chi connectivity index (χ0) is 69.1. The molecule has 10 heteroatoms. The first-order valence-corrected chi connectivity index (χ1v) is 32.5. The summed E-state index contributed by atoms with van der Waals surface area (Å²) in [5.74, 6) is 0. The van der Waals surface area contributed by atoms with Gasteiger partial charge >= 0.3 is 0 Å². The van der Waals surface area contributed by atoms with Crippen molar-refractivity contribution in [1.82, 2.24) is 49.8 Å². The van der Waals surface area contributed by atoms with Crippen LogP contribution in [0.2, 0.25) is 0 Å². The predicted molar refractivity (Wildman–Crippen MR) is 412 cm³/mol. The second kappa shape index (κ2) is 38.9. The van der Waals surface area contributed by atoms with E-state index in [1.807, 2.05) is 223 Å². The summed E-state index contributed by atoms with van der Waals surface area (Å²) in [6.07, 6.45) is 20.0. The van der Waals surface area contributed by atoms with E-state index < -0.39 is 0 Å². The summed E-state index contributed by atoms with van der Waals surface area (Å²) in [4.78, 5) is 41.6. The van der Waals surface area contributed by atoms with E-state index in [2.05, 4.69) is 201 Å². The molecule has 98 heavy (non-hydrogen) atoms. The highest BCUT2D eigenvalue weighted by atomic mass is 14.7. The number of hydrogen-bond acceptors (Lipinski definition) is 10. The highest BCUT2D eigenvalue weighted by Gasteiger charge is 1.98. The van der Waals surface area contributed by atoms with Gasteiger partial charge in [-0.15, -0.1) is 0 Å². The Morgan fingerprint density at radius 2 is 0.694 bits per heavy atom. The van der Waals surface area contributed by atoms with Crippen molar-refractivity contribution in [3.05, 3.63) is 385 Å². The summed E-state index contributed by atoms with van der Waals surface area (Å²) in [6.45, 7) is 20.5. The summed E-state index contributed by atoms with van der Waals surface area (Å²) in [5, 5.41) is 8.55. The number of aromatic nitrogens is 10. The number of nitrogens with zero attached hydrogens (tertiary/aromatic N) is 10. The molecule has 0 aliphatic rings. The van der Waals surface area contributed by atoms with Crippen LogP contribution in [-0.2, 0) is 0 Å². The van der Waals surface area contributed by atoms with Crippen LogP contribution >= 0.6 is 0 Å². The monoisotopic (exact) mass is 1280 g/mol. The van der Waals surface area contributed by atoms with Crippen molar-refractivity contribution in [2.24, 2.45) is 0 Å². The summed E-state index contributed by atoms with van der Waals surface area (Å²) in [6, 6.07) is 87.6. The van der Waals surface area contributed by atoms with E-state index in [9.17, 15) is 0 Å². The lowest BCUT2D eigenvalue weighted by atomic mass is 10.1. The number of benzene rings is 7. The minimum atomic E-state index is 1.07. The molecule has 0 aliphatic heterocycles. The molecule has 0 N–H and O–H groups in total. The van der Waals surface area contributed by atoms with Gasteiger partial charge < -0.3 is 0 Å². The fourth-order valence-electron chi connectivity index (χ4n) is 9.80. The molecule has 10 nitrogen and oxygen atoms in total. The van der Waals surface area contributed by atoms with Crippen LogP contribution in [0.4, 0.5) is 0 Å². The quantitative estimate of drug-likeness (QED) is 0.145. The molecule has 10 heterocycles. The van der Waals surface area contributed by atoms with E-state index in [-0.39, 0.29) is 0 Å². The zero-order valence-electron chi connectivity index (χ0n) is 57.6. The number of aryl methyl sites for hydroxylation is 10. The van der Waals surface area contributed by atoms with Crippen molar-refractivity contribution in [3.8, 4) is 0 Å². The first-order valence-electron chi connectivity index (χ1n) is 32.5. The first kappa shape index (κ1) is 71.7. The van der Waals surface area contributed by atoms with Gasteiger partial charge in [0.2, 0.25) is 0 Å². The largest absolute Gasteiger partial charge is 0.265 e. The SMILES string of the molecule is Cc1ccc2ccccc2n1.Cc1ccc2cccnc2c1.Cc1ccc2ncccc2c1.Cc1cccc2cccnc12.Cc1cccc2ncccc12.Cc1ccccn1.Cc1cccnc1.Cc1ccnc2ccccc12.Cc1ccncc1.Cc1cnc2ccccc2c1. The molecule has 0 saturated heterocycles. The molecule has 17 rings (SSSR count). The Morgan fingerprint density at radius 3 is 1.35 bits per heavy atom. The Balaban J connectivity index is 0.000000140. The molecule has 0 bridgehead atoms. The fraction of sp³-hybridized carbons (Fsp3) is 0.114. The van der Waals surface area contributed by atoms with Crippen LogP contribution in [-0.4, -0.2) is 49.8 Å². The third-order valence-electron chi connectivity index (χ3n) is 15.0. The summed E-state index contributed by atoms with van der Waals surface area (Å²) in [7, 11) is 0. The fourth-order valence-corrected chi connectivity index (χ4v) is 9.80. The van der Waals surface area contributed by atoms with Crippen LogP contribution in [0, 0.1) is 69.2 Å². The molecule has 0 amide bonds. The van der Waals surface area contributed by atoms with Gasteiger partial charge in [0.1, 0.15) is 0 Å². The average molecular weight is 1280 g/mol.